The number of carboxylic acid groups (broad SMARTS) is 1. The lowest BCUT2D eigenvalue weighted by molar-refractivity contribution is -0.120. The highest BCUT2D eigenvalue weighted by molar-refractivity contribution is 6.31. The molecular formula is C29H20Cl2FN3O4. The number of nitrogens with zero attached hydrogens (tertiary/aromatic N) is 2. The number of carbonyl (C=O) groups excluding carboxylic acids is 2. The van der Waals surface area contributed by atoms with Crippen LogP contribution in [0, 0.1) is 5.82 Å². The molecular weight excluding hydrogens is 544 g/mol. The van der Waals surface area contributed by atoms with Gasteiger partial charge in [0.15, 0.2) is 0 Å². The van der Waals surface area contributed by atoms with Crippen LogP contribution in [0.25, 0.3) is 11.1 Å². The Morgan fingerprint density at radius 2 is 1.82 bits per heavy atom. The zero-order chi connectivity index (χ0) is 27.7. The number of fused-ring (bicyclic) bond motifs is 1. The second-order valence-corrected chi connectivity index (χ2v) is 9.81. The molecule has 1 aromatic heterocycles. The van der Waals surface area contributed by atoms with Gasteiger partial charge < -0.3 is 15.3 Å². The zero-order valence-corrected chi connectivity index (χ0v) is 21.7. The monoisotopic (exact) mass is 563 g/mol. The molecule has 1 aliphatic rings. The van der Waals surface area contributed by atoms with Gasteiger partial charge in [0.1, 0.15) is 11.9 Å². The first-order chi connectivity index (χ1) is 18.7. The zero-order valence-electron chi connectivity index (χ0n) is 20.2. The summed E-state index contributed by atoms with van der Waals surface area (Å²) >= 11 is 12.1. The fraction of sp³-hybridized carbons (Fsp3) is 0.103. The number of pyridine rings is 1. The van der Waals surface area contributed by atoms with Crippen molar-refractivity contribution in [1.82, 2.24) is 9.88 Å². The lowest BCUT2D eigenvalue weighted by Crippen LogP contribution is -2.46. The minimum atomic E-state index is -1.18. The Balaban J connectivity index is 1.59. The number of hydrogen-bond donors (Lipinski definition) is 2. The van der Waals surface area contributed by atoms with Crippen molar-refractivity contribution in [2.24, 2.45) is 0 Å². The predicted molar refractivity (Wildman–Crippen MR) is 145 cm³/mol. The number of rotatable bonds is 6. The molecule has 3 aromatic carbocycles. The first-order valence-electron chi connectivity index (χ1n) is 11.8. The van der Waals surface area contributed by atoms with Crippen LogP contribution in [0.2, 0.25) is 10.0 Å². The van der Waals surface area contributed by atoms with E-state index in [0.717, 1.165) is 6.07 Å². The van der Waals surface area contributed by atoms with Crippen molar-refractivity contribution in [1.29, 1.82) is 0 Å². The summed E-state index contributed by atoms with van der Waals surface area (Å²) < 4.78 is 13.8. The number of aromatic nitrogens is 1. The summed E-state index contributed by atoms with van der Waals surface area (Å²) in [6, 6.07) is 17.5. The Hall–Kier alpha value is -4.27. The molecule has 0 aliphatic carbocycles. The van der Waals surface area contributed by atoms with Crippen molar-refractivity contribution in [2.45, 2.75) is 19.0 Å². The highest BCUT2D eigenvalue weighted by Crippen LogP contribution is 2.32. The van der Waals surface area contributed by atoms with Gasteiger partial charge in [0.2, 0.25) is 5.91 Å². The van der Waals surface area contributed by atoms with E-state index in [1.54, 1.807) is 48.7 Å². The first-order valence-corrected chi connectivity index (χ1v) is 12.6. The maximum Gasteiger partial charge on any atom is 0.336 e. The topological polar surface area (TPSA) is 99.6 Å². The second kappa shape index (κ2) is 10.8. The minimum absolute atomic E-state index is 0.0202. The van der Waals surface area contributed by atoms with Crippen molar-refractivity contribution >= 4 is 46.7 Å². The normalized spacial score (nSPS) is 14.9. The van der Waals surface area contributed by atoms with Crippen LogP contribution < -0.4 is 5.32 Å². The Morgan fingerprint density at radius 1 is 1.00 bits per heavy atom. The Bertz CT molecular complexity index is 1610. The Kier molecular flexibility index (Phi) is 7.32. The van der Waals surface area contributed by atoms with E-state index in [0.29, 0.717) is 33.1 Å². The molecule has 2 heterocycles. The molecule has 4 aromatic rings. The summed E-state index contributed by atoms with van der Waals surface area (Å²) in [5.41, 5.74) is 2.40. The van der Waals surface area contributed by atoms with Gasteiger partial charge in [-0.3, -0.25) is 14.6 Å². The second-order valence-electron chi connectivity index (χ2n) is 8.97. The van der Waals surface area contributed by atoms with E-state index in [9.17, 15) is 23.9 Å². The van der Waals surface area contributed by atoms with Gasteiger partial charge in [-0.25, -0.2) is 9.18 Å². The van der Waals surface area contributed by atoms with E-state index in [1.807, 2.05) is 0 Å². The molecule has 1 atom stereocenters. The summed E-state index contributed by atoms with van der Waals surface area (Å²) in [5.74, 6) is -2.64. The molecule has 39 heavy (non-hydrogen) atoms. The van der Waals surface area contributed by atoms with E-state index < -0.39 is 29.6 Å². The van der Waals surface area contributed by atoms with Crippen molar-refractivity contribution in [3.8, 4) is 11.1 Å². The Morgan fingerprint density at radius 3 is 2.54 bits per heavy atom. The number of aromatic carboxylic acids is 1. The van der Waals surface area contributed by atoms with Gasteiger partial charge in [-0.15, -0.1) is 0 Å². The molecule has 2 amide bonds. The fourth-order valence-electron chi connectivity index (χ4n) is 4.54. The van der Waals surface area contributed by atoms with Gasteiger partial charge in [-0.05, 0) is 71.3 Å². The van der Waals surface area contributed by atoms with Crippen LogP contribution in [0.1, 0.15) is 32.0 Å². The average Bonchev–Trinajstić information content (AvgIpc) is 3.00. The van der Waals surface area contributed by atoms with E-state index in [-0.39, 0.29) is 29.1 Å². The molecule has 0 bridgehead atoms. The van der Waals surface area contributed by atoms with Crippen LogP contribution in [0.4, 0.5) is 10.1 Å². The number of amides is 2. The van der Waals surface area contributed by atoms with E-state index in [1.165, 1.54) is 29.2 Å². The number of benzene rings is 3. The summed E-state index contributed by atoms with van der Waals surface area (Å²) in [6.45, 7) is -0.0202. The smallest absolute Gasteiger partial charge is 0.336 e. The van der Waals surface area contributed by atoms with Crippen molar-refractivity contribution in [2.75, 3.05) is 5.32 Å². The van der Waals surface area contributed by atoms with Gasteiger partial charge in [0.25, 0.3) is 5.91 Å². The Labute approximate surface area is 232 Å². The molecule has 0 radical (unpaired) electrons. The molecule has 1 aliphatic heterocycles. The first kappa shape index (κ1) is 26.3. The summed E-state index contributed by atoms with van der Waals surface area (Å²) in [7, 11) is 0. The third-order valence-electron chi connectivity index (χ3n) is 6.44. The van der Waals surface area contributed by atoms with Gasteiger partial charge in [0, 0.05) is 29.9 Å². The summed E-state index contributed by atoms with van der Waals surface area (Å²) in [5, 5.41) is 12.8. The average molecular weight is 564 g/mol. The third kappa shape index (κ3) is 5.48. The maximum absolute atomic E-state index is 13.8. The fourth-order valence-corrected chi connectivity index (χ4v) is 4.89. The van der Waals surface area contributed by atoms with Crippen molar-refractivity contribution in [3.63, 3.8) is 0 Å². The molecule has 5 rings (SSSR count). The van der Waals surface area contributed by atoms with Crippen LogP contribution in [0.5, 0.6) is 0 Å². The molecule has 10 heteroatoms. The largest absolute Gasteiger partial charge is 0.478 e. The van der Waals surface area contributed by atoms with Crippen LogP contribution in [0.3, 0.4) is 0 Å². The molecule has 0 spiro atoms. The number of anilines is 1. The number of halogens is 3. The van der Waals surface area contributed by atoms with Crippen LogP contribution in [0.15, 0.2) is 79.0 Å². The van der Waals surface area contributed by atoms with Gasteiger partial charge in [-0.2, -0.15) is 0 Å². The lowest BCUT2D eigenvalue weighted by atomic mass is 9.96. The molecule has 0 saturated carbocycles. The lowest BCUT2D eigenvalue weighted by Gasteiger charge is -2.29. The summed E-state index contributed by atoms with van der Waals surface area (Å²) in [6.07, 6.45) is 1.75. The minimum Gasteiger partial charge on any atom is -0.478 e. The molecule has 1 unspecified atom stereocenters. The van der Waals surface area contributed by atoms with E-state index >= 15 is 0 Å². The predicted octanol–water partition coefficient (Wildman–Crippen LogP) is 6.10. The van der Waals surface area contributed by atoms with Gasteiger partial charge in [0.05, 0.1) is 21.8 Å². The van der Waals surface area contributed by atoms with Crippen molar-refractivity contribution < 1.29 is 23.9 Å². The maximum atomic E-state index is 13.8. The summed E-state index contributed by atoms with van der Waals surface area (Å²) in [4.78, 5) is 45.0. The SMILES string of the molecule is O=C(O)c1ccc(CN2C(=O)c3ccc(Cl)cc3NC(=O)C2Cc2ccccn2)cc1-c1ccc(F)c(Cl)c1. The molecule has 0 fully saturated rings. The molecule has 196 valence electrons. The third-order valence-corrected chi connectivity index (χ3v) is 6.96. The number of hydrogen-bond acceptors (Lipinski definition) is 4. The number of nitrogens with one attached hydrogen (secondary N) is 1. The number of carboxylic acids is 1. The van der Waals surface area contributed by atoms with Gasteiger partial charge in [-0.1, -0.05) is 41.4 Å². The number of carbonyl (C=O) groups is 3. The highest BCUT2D eigenvalue weighted by Gasteiger charge is 2.36. The van der Waals surface area contributed by atoms with E-state index in [2.05, 4.69) is 10.3 Å². The van der Waals surface area contributed by atoms with E-state index in [4.69, 9.17) is 23.2 Å². The molecule has 0 saturated heterocycles. The quantitative estimate of drug-likeness (QED) is 0.295. The molecule has 7 nitrogen and oxygen atoms in total. The van der Waals surface area contributed by atoms with Crippen molar-refractivity contribution in [3.05, 3.63) is 117 Å². The standard InChI is InChI=1S/C29H20Cl2FN3O4/c30-18-6-8-21-25(13-18)34-27(36)26(14-19-3-1-2-10-33-19)35(28(21)37)15-16-4-7-20(29(38)39)22(11-16)17-5-9-24(32)23(31)12-17/h1-13,26H,14-15H2,(H,34,36)(H,38,39). The molecule has 2 N–H and O–H groups in total. The van der Waals surface area contributed by atoms with Gasteiger partial charge >= 0.3 is 5.97 Å². The van der Waals surface area contributed by atoms with Crippen LogP contribution >= 0.6 is 23.2 Å². The van der Waals surface area contributed by atoms with Crippen LogP contribution in [-0.2, 0) is 17.8 Å². The van der Waals surface area contributed by atoms with Crippen LogP contribution in [-0.4, -0.2) is 38.8 Å². The highest BCUT2D eigenvalue weighted by atomic mass is 35.5.